The molecule has 1 aromatic heterocycles. The van der Waals surface area contributed by atoms with Crippen molar-refractivity contribution in [1.29, 1.82) is 0 Å². The van der Waals surface area contributed by atoms with Gasteiger partial charge in [0.2, 0.25) is 0 Å². The van der Waals surface area contributed by atoms with Crippen LogP contribution in [0.2, 0.25) is 0 Å². The first kappa shape index (κ1) is 9.12. The van der Waals surface area contributed by atoms with Crippen molar-refractivity contribution >= 4 is 11.3 Å². The molecule has 0 spiro atoms. The van der Waals surface area contributed by atoms with Gasteiger partial charge in [0.25, 0.3) is 0 Å². The molecule has 1 heterocycles. The molecule has 1 aromatic rings. The van der Waals surface area contributed by atoms with E-state index in [2.05, 4.69) is 10.3 Å². The molecule has 2 atom stereocenters. The molecular formula is C9H14N2OS. The molecule has 2 N–H and O–H groups in total. The van der Waals surface area contributed by atoms with E-state index in [9.17, 15) is 5.11 Å². The molecule has 13 heavy (non-hydrogen) atoms. The van der Waals surface area contributed by atoms with Crippen molar-refractivity contribution in [3.05, 3.63) is 16.1 Å². The number of aliphatic hydroxyl groups is 1. The lowest BCUT2D eigenvalue weighted by molar-refractivity contribution is 0.0494. The fourth-order valence-electron chi connectivity index (χ4n) is 1.44. The van der Waals surface area contributed by atoms with Crippen molar-refractivity contribution in [3.8, 4) is 0 Å². The van der Waals surface area contributed by atoms with Crippen molar-refractivity contribution in [2.24, 2.45) is 0 Å². The van der Waals surface area contributed by atoms with Crippen LogP contribution in [0.4, 0.5) is 0 Å². The first-order valence-corrected chi connectivity index (χ1v) is 5.46. The second-order valence-corrected chi connectivity index (χ2v) is 4.43. The number of rotatable bonds is 3. The van der Waals surface area contributed by atoms with Crippen molar-refractivity contribution < 1.29 is 5.11 Å². The Morgan fingerprint density at radius 2 is 2.54 bits per heavy atom. The molecule has 0 radical (unpaired) electrons. The first-order chi connectivity index (χ1) is 6.27. The molecule has 0 bridgehead atoms. The number of aryl methyl sites for hydroxylation is 1. The molecule has 72 valence electrons. The van der Waals surface area contributed by atoms with Gasteiger partial charge >= 0.3 is 0 Å². The lowest BCUT2D eigenvalue weighted by Crippen LogP contribution is -2.47. The Hall–Kier alpha value is -0.450. The van der Waals surface area contributed by atoms with E-state index in [1.807, 2.05) is 12.4 Å². The molecule has 2 rings (SSSR count). The molecule has 0 unspecified atom stereocenters. The quantitative estimate of drug-likeness (QED) is 0.763. The average molecular weight is 198 g/mol. The number of thiazole rings is 1. The monoisotopic (exact) mass is 198 g/mol. The summed E-state index contributed by atoms with van der Waals surface area (Å²) in [7, 11) is 0. The van der Waals surface area contributed by atoms with Crippen LogP contribution in [0.1, 0.15) is 23.4 Å². The molecule has 3 nitrogen and oxygen atoms in total. The van der Waals surface area contributed by atoms with E-state index in [1.54, 1.807) is 11.3 Å². The Kier molecular flexibility index (Phi) is 2.62. The zero-order chi connectivity index (χ0) is 9.26. The zero-order valence-corrected chi connectivity index (χ0v) is 8.47. The minimum absolute atomic E-state index is 0.131. The maximum absolute atomic E-state index is 9.33. The topological polar surface area (TPSA) is 45.2 Å². The van der Waals surface area contributed by atoms with E-state index in [1.165, 1.54) is 4.88 Å². The third-order valence-corrected chi connectivity index (χ3v) is 3.54. The molecule has 0 aromatic carbocycles. The number of hydrogen-bond acceptors (Lipinski definition) is 4. The Morgan fingerprint density at radius 1 is 1.69 bits per heavy atom. The average Bonchev–Trinajstić information content (AvgIpc) is 2.50. The number of nitrogens with one attached hydrogen (secondary N) is 1. The summed E-state index contributed by atoms with van der Waals surface area (Å²) in [5, 5.41) is 12.7. The van der Waals surface area contributed by atoms with E-state index < -0.39 is 0 Å². The maximum atomic E-state index is 9.33. The predicted octanol–water partition coefficient (Wildman–Crippen LogP) is 1.06. The van der Waals surface area contributed by atoms with Crippen LogP contribution in [0.25, 0.3) is 0 Å². The number of aliphatic hydroxyl groups excluding tert-OH is 1. The smallest absolute Gasteiger partial charge is 0.0798 e. The van der Waals surface area contributed by atoms with Gasteiger partial charge in [0.05, 0.1) is 17.3 Å². The predicted molar refractivity (Wildman–Crippen MR) is 52.7 cm³/mol. The van der Waals surface area contributed by atoms with Crippen LogP contribution in [0, 0.1) is 6.92 Å². The highest BCUT2D eigenvalue weighted by Gasteiger charge is 2.28. The van der Waals surface area contributed by atoms with Gasteiger partial charge in [0.15, 0.2) is 0 Å². The number of hydrogen-bond donors (Lipinski definition) is 2. The van der Waals surface area contributed by atoms with Gasteiger partial charge in [-0.3, -0.25) is 0 Å². The minimum Gasteiger partial charge on any atom is -0.392 e. The molecule has 1 aliphatic rings. The fourth-order valence-corrected chi connectivity index (χ4v) is 2.17. The lowest BCUT2D eigenvalue weighted by Gasteiger charge is -2.33. The Morgan fingerprint density at radius 3 is 3.00 bits per heavy atom. The van der Waals surface area contributed by atoms with Crippen LogP contribution in [0.15, 0.2) is 5.51 Å². The van der Waals surface area contributed by atoms with E-state index in [-0.39, 0.29) is 6.10 Å². The highest BCUT2D eigenvalue weighted by molar-refractivity contribution is 7.09. The SMILES string of the molecule is Cc1ncsc1CN[C@@H]1CC[C@H]1O. The van der Waals surface area contributed by atoms with Crippen molar-refractivity contribution in [3.63, 3.8) is 0 Å². The number of nitrogens with zero attached hydrogens (tertiary/aromatic N) is 1. The van der Waals surface area contributed by atoms with Crippen molar-refractivity contribution in [2.75, 3.05) is 0 Å². The third kappa shape index (κ3) is 1.90. The highest BCUT2D eigenvalue weighted by Crippen LogP contribution is 2.20. The standard InChI is InChI=1S/C9H14N2OS/c1-6-9(13-5-11-6)4-10-7-2-3-8(7)12/h5,7-8,10,12H,2-4H2,1H3/t7-,8-/m1/s1. The lowest BCUT2D eigenvalue weighted by atomic mass is 9.89. The normalized spacial score (nSPS) is 27.2. The summed E-state index contributed by atoms with van der Waals surface area (Å²) in [6, 6.07) is 0.307. The van der Waals surface area contributed by atoms with Crippen LogP contribution in [0.5, 0.6) is 0 Å². The van der Waals surface area contributed by atoms with Gasteiger partial charge in [-0.25, -0.2) is 4.98 Å². The highest BCUT2D eigenvalue weighted by atomic mass is 32.1. The van der Waals surface area contributed by atoms with Crippen molar-refractivity contribution in [2.45, 2.75) is 38.5 Å². The summed E-state index contributed by atoms with van der Waals surface area (Å²) in [6.07, 6.45) is 1.91. The van der Waals surface area contributed by atoms with Crippen LogP contribution < -0.4 is 5.32 Å². The Bertz CT molecular complexity index is 287. The molecule has 1 fully saturated rings. The largest absolute Gasteiger partial charge is 0.392 e. The minimum atomic E-state index is -0.131. The molecular weight excluding hydrogens is 184 g/mol. The fraction of sp³-hybridized carbons (Fsp3) is 0.667. The maximum Gasteiger partial charge on any atom is 0.0798 e. The summed E-state index contributed by atoms with van der Waals surface area (Å²) in [4.78, 5) is 5.45. The van der Waals surface area contributed by atoms with Gasteiger partial charge < -0.3 is 10.4 Å². The van der Waals surface area contributed by atoms with E-state index in [0.717, 1.165) is 25.1 Å². The molecule has 1 aliphatic carbocycles. The molecule has 0 saturated heterocycles. The molecule has 4 heteroatoms. The molecule has 1 saturated carbocycles. The van der Waals surface area contributed by atoms with E-state index in [4.69, 9.17) is 0 Å². The molecule has 0 aliphatic heterocycles. The third-order valence-electron chi connectivity index (χ3n) is 2.61. The van der Waals surface area contributed by atoms with Crippen molar-refractivity contribution in [1.82, 2.24) is 10.3 Å². The van der Waals surface area contributed by atoms with Crippen LogP contribution in [-0.4, -0.2) is 22.2 Å². The summed E-state index contributed by atoms with van der Waals surface area (Å²) < 4.78 is 0. The van der Waals surface area contributed by atoms with Gasteiger partial charge in [-0.1, -0.05) is 0 Å². The van der Waals surface area contributed by atoms with E-state index in [0.29, 0.717) is 6.04 Å². The second kappa shape index (κ2) is 3.74. The first-order valence-electron chi connectivity index (χ1n) is 4.58. The zero-order valence-electron chi connectivity index (χ0n) is 7.66. The Balaban J connectivity index is 1.83. The van der Waals surface area contributed by atoms with Gasteiger partial charge in [-0.2, -0.15) is 0 Å². The van der Waals surface area contributed by atoms with Gasteiger partial charge in [0, 0.05) is 17.5 Å². The Labute approximate surface area is 81.8 Å². The van der Waals surface area contributed by atoms with Gasteiger partial charge in [-0.15, -0.1) is 11.3 Å². The van der Waals surface area contributed by atoms with Crippen LogP contribution in [0.3, 0.4) is 0 Å². The summed E-state index contributed by atoms with van der Waals surface area (Å²) in [6.45, 7) is 2.86. The van der Waals surface area contributed by atoms with Gasteiger partial charge in [-0.05, 0) is 19.8 Å². The number of aromatic nitrogens is 1. The van der Waals surface area contributed by atoms with Crippen LogP contribution in [-0.2, 0) is 6.54 Å². The van der Waals surface area contributed by atoms with E-state index >= 15 is 0 Å². The molecule has 0 amide bonds. The summed E-state index contributed by atoms with van der Waals surface area (Å²) >= 11 is 1.67. The summed E-state index contributed by atoms with van der Waals surface area (Å²) in [5.74, 6) is 0. The summed E-state index contributed by atoms with van der Waals surface area (Å²) in [5.41, 5.74) is 2.97. The van der Waals surface area contributed by atoms with Crippen LogP contribution >= 0.6 is 11.3 Å². The second-order valence-electron chi connectivity index (χ2n) is 3.49. The van der Waals surface area contributed by atoms with Gasteiger partial charge in [0.1, 0.15) is 0 Å².